The Kier molecular flexibility index (Phi) is 3.26. The Morgan fingerprint density at radius 2 is 1.78 bits per heavy atom. The highest BCUT2D eigenvalue weighted by molar-refractivity contribution is 5.64. The Bertz CT molecular complexity index is 530. The number of benzene rings is 1. The molecule has 0 atom stereocenters. The summed E-state index contributed by atoms with van der Waals surface area (Å²) < 4.78 is 0. The lowest BCUT2D eigenvalue weighted by Gasteiger charge is -2.19. The lowest BCUT2D eigenvalue weighted by Crippen LogP contribution is -2.10. The number of hydrogen-bond donors (Lipinski definition) is 2. The molecule has 0 amide bonds. The van der Waals surface area contributed by atoms with Gasteiger partial charge in [0.25, 0.3) is 0 Å². The van der Waals surface area contributed by atoms with Crippen LogP contribution in [-0.2, 0) is 12.0 Å². The minimum Gasteiger partial charge on any atom is -0.326 e. The summed E-state index contributed by atoms with van der Waals surface area (Å²) in [5.41, 5.74) is 11.5. The fourth-order valence-electron chi connectivity index (χ4n) is 2.07. The molecule has 0 radical (unpaired) electrons. The molecule has 1 aromatic carbocycles. The summed E-state index contributed by atoms with van der Waals surface area (Å²) in [5, 5.41) is 7.35. The van der Waals surface area contributed by atoms with E-state index in [0.29, 0.717) is 6.54 Å². The zero-order chi connectivity index (χ0) is 13.3. The van der Waals surface area contributed by atoms with Crippen LogP contribution in [0.3, 0.4) is 0 Å². The molecule has 0 bridgehead atoms. The van der Waals surface area contributed by atoms with Gasteiger partial charge in [-0.25, -0.2) is 0 Å². The summed E-state index contributed by atoms with van der Waals surface area (Å²) >= 11 is 0. The summed E-state index contributed by atoms with van der Waals surface area (Å²) in [4.78, 5) is 0. The van der Waals surface area contributed by atoms with Crippen molar-refractivity contribution in [2.24, 2.45) is 5.73 Å². The predicted octanol–water partition coefficient (Wildman–Crippen LogP) is 3.14. The molecule has 96 valence electrons. The molecule has 1 heterocycles. The molecule has 0 fully saturated rings. The van der Waals surface area contributed by atoms with Gasteiger partial charge in [-0.05, 0) is 17.9 Å². The normalized spacial score (nSPS) is 11.8. The van der Waals surface area contributed by atoms with E-state index in [1.165, 1.54) is 5.56 Å². The second-order valence-corrected chi connectivity index (χ2v) is 5.71. The second kappa shape index (κ2) is 4.58. The van der Waals surface area contributed by atoms with Gasteiger partial charge in [0, 0.05) is 23.4 Å². The van der Waals surface area contributed by atoms with Crippen LogP contribution in [0.2, 0.25) is 0 Å². The Morgan fingerprint density at radius 3 is 2.28 bits per heavy atom. The van der Waals surface area contributed by atoms with Crippen molar-refractivity contribution in [1.29, 1.82) is 0 Å². The largest absolute Gasteiger partial charge is 0.326 e. The monoisotopic (exact) mass is 243 g/mol. The summed E-state index contributed by atoms with van der Waals surface area (Å²) in [5.74, 6) is 0. The third kappa shape index (κ3) is 2.31. The maximum Gasteiger partial charge on any atom is 0.0968 e. The van der Waals surface area contributed by atoms with Crippen molar-refractivity contribution >= 4 is 0 Å². The van der Waals surface area contributed by atoms with Gasteiger partial charge in [0.1, 0.15) is 0 Å². The first kappa shape index (κ1) is 12.8. The molecule has 2 rings (SSSR count). The highest BCUT2D eigenvalue weighted by atomic mass is 15.1. The van der Waals surface area contributed by atoms with Gasteiger partial charge in [-0.3, -0.25) is 5.10 Å². The Labute approximate surface area is 108 Å². The second-order valence-electron chi connectivity index (χ2n) is 5.71. The molecule has 1 aromatic heterocycles. The Morgan fingerprint density at radius 1 is 1.17 bits per heavy atom. The zero-order valence-corrected chi connectivity index (χ0v) is 11.5. The van der Waals surface area contributed by atoms with Crippen molar-refractivity contribution in [1.82, 2.24) is 10.2 Å². The van der Waals surface area contributed by atoms with E-state index < -0.39 is 0 Å². The quantitative estimate of drug-likeness (QED) is 0.851. The molecule has 0 saturated carbocycles. The number of nitrogens with one attached hydrogen (secondary N) is 1. The van der Waals surface area contributed by atoms with Crippen molar-refractivity contribution in [3.8, 4) is 11.3 Å². The SMILES string of the molecule is Cc1[nH]nc(-c2ccc(C(C)(C)C)cc2)c1CN. The van der Waals surface area contributed by atoms with E-state index in [9.17, 15) is 0 Å². The van der Waals surface area contributed by atoms with Crippen LogP contribution in [0, 0.1) is 6.92 Å². The van der Waals surface area contributed by atoms with Crippen LogP contribution >= 0.6 is 0 Å². The minimum absolute atomic E-state index is 0.177. The number of aromatic nitrogens is 2. The fourth-order valence-corrected chi connectivity index (χ4v) is 2.07. The summed E-state index contributed by atoms with van der Waals surface area (Å²) in [6.07, 6.45) is 0. The van der Waals surface area contributed by atoms with Crippen LogP contribution in [0.1, 0.15) is 37.6 Å². The van der Waals surface area contributed by atoms with E-state index in [0.717, 1.165) is 22.5 Å². The molecule has 0 unspecified atom stereocenters. The maximum atomic E-state index is 5.77. The van der Waals surface area contributed by atoms with E-state index in [4.69, 9.17) is 5.73 Å². The van der Waals surface area contributed by atoms with Crippen LogP contribution in [0.5, 0.6) is 0 Å². The first-order valence-corrected chi connectivity index (χ1v) is 6.28. The van der Waals surface area contributed by atoms with E-state index in [2.05, 4.69) is 55.2 Å². The van der Waals surface area contributed by atoms with E-state index in [1.807, 2.05) is 6.92 Å². The number of H-pyrrole nitrogens is 1. The van der Waals surface area contributed by atoms with Crippen molar-refractivity contribution in [3.05, 3.63) is 41.1 Å². The number of hydrogen-bond acceptors (Lipinski definition) is 2. The number of nitrogens with zero attached hydrogens (tertiary/aromatic N) is 1. The van der Waals surface area contributed by atoms with Crippen molar-refractivity contribution in [2.75, 3.05) is 0 Å². The van der Waals surface area contributed by atoms with Gasteiger partial charge < -0.3 is 5.73 Å². The molecule has 0 aliphatic heterocycles. The van der Waals surface area contributed by atoms with Crippen LogP contribution in [0.25, 0.3) is 11.3 Å². The summed E-state index contributed by atoms with van der Waals surface area (Å²) in [7, 11) is 0. The van der Waals surface area contributed by atoms with E-state index in [1.54, 1.807) is 0 Å². The molecular weight excluding hydrogens is 222 g/mol. The van der Waals surface area contributed by atoms with Gasteiger partial charge >= 0.3 is 0 Å². The molecule has 3 N–H and O–H groups in total. The molecule has 2 aromatic rings. The maximum absolute atomic E-state index is 5.77. The fraction of sp³-hybridized carbons (Fsp3) is 0.400. The number of rotatable bonds is 2. The number of nitrogens with two attached hydrogens (primary N) is 1. The van der Waals surface area contributed by atoms with Crippen molar-refractivity contribution < 1.29 is 0 Å². The van der Waals surface area contributed by atoms with Crippen LogP contribution < -0.4 is 5.73 Å². The molecule has 0 aliphatic carbocycles. The average Bonchev–Trinajstić information content (AvgIpc) is 2.69. The topological polar surface area (TPSA) is 54.7 Å². The number of aryl methyl sites for hydroxylation is 1. The van der Waals surface area contributed by atoms with Gasteiger partial charge in [0.05, 0.1) is 5.69 Å². The molecule has 3 heteroatoms. The molecule has 3 nitrogen and oxygen atoms in total. The van der Waals surface area contributed by atoms with Crippen molar-refractivity contribution in [3.63, 3.8) is 0 Å². The van der Waals surface area contributed by atoms with Crippen LogP contribution in [0.4, 0.5) is 0 Å². The lowest BCUT2D eigenvalue weighted by molar-refractivity contribution is 0.590. The molecule has 0 aliphatic rings. The van der Waals surface area contributed by atoms with Crippen molar-refractivity contribution in [2.45, 2.75) is 39.7 Å². The highest BCUT2D eigenvalue weighted by Crippen LogP contribution is 2.27. The Hall–Kier alpha value is -1.61. The highest BCUT2D eigenvalue weighted by Gasteiger charge is 2.15. The molecule has 18 heavy (non-hydrogen) atoms. The predicted molar refractivity (Wildman–Crippen MR) is 75.4 cm³/mol. The molecule has 0 spiro atoms. The van der Waals surface area contributed by atoms with Crippen LogP contribution in [-0.4, -0.2) is 10.2 Å². The minimum atomic E-state index is 0.177. The first-order valence-electron chi connectivity index (χ1n) is 6.28. The summed E-state index contributed by atoms with van der Waals surface area (Å²) in [6.45, 7) is 9.16. The third-order valence-electron chi connectivity index (χ3n) is 3.30. The van der Waals surface area contributed by atoms with Gasteiger partial charge in [0.2, 0.25) is 0 Å². The van der Waals surface area contributed by atoms with Gasteiger partial charge in [-0.2, -0.15) is 5.10 Å². The lowest BCUT2D eigenvalue weighted by atomic mass is 9.86. The van der Waals surface area contributed by atoms with Crippen LogP contribution in [0.15, 0.2) is 24.3 Å². The number of aromatic amines is 1. The van der Waals surface area contributed by atoms with Gasteiger partial charge in [0.15, 0.2) is 0 Å². The smallest absolute Gasteiger partial charge is 0.0968 e. The summed E-state index contributed by atoms with van der Waals surface area (Å²) in [6, 6.07) is 8.57. The Balaban J connectivity index is 2.40. The molecular formula is C15H21N3. The standard InChI is InChI=1S/C15H21N3/c1-10-13(9-16)14(18-17-10)11-5-7-12(8-6-11)15(2,3)4/h5-8H,9,16H2,1-4H3,(H,17,18). The van der Waals surface area contributed by atoms with Gasteiger partial charge in [-0.1, -0.05) is 45.0 Å². The van der Waals surface area contributed by atoms with E-state index >= 15 is 0 Å². The third-order valence-corrected chi connectivity index (χ3v) is 3.30. The van der Waals surface area contributed by atoms with E-state index in [-0.39, 0.29) is 5.41 Å². The van der Waals surface area contributed by atoms with Gasteiger partial charge in [-0.15, -0.1) is 0 Å². The average molecular weight is 243 g/mol. The first-order chi connectivity index (χ1) is 8.43. The zero-order valence-electron chi connectivity index (χ0n) is 11.5. The molecule has 0 saturated heterocycles.